The molecule has 0 aliphatic rings. The van der Waals surface area contributed by atoms with Crippen LogP contribution in [0.4, 0.5) is 0 Å². The van der Waals surface area contributed by atoms with E-state index in [4.69, 9.17) is 20.3 Å². The molecule has 1 amide bonds. The van der Waals surface area contributed by atoms with E-state index in [1.54, 1.807) is 20.8 Å². The molecule has 0 aromatic rings. The van der Waals surface area contributed by atoms with Gasteiger partial charge in [-0.05, 0) is 46.5 Å². The number of aliphatic carboxylic acids is 1. The molecule has 0 fully saturated rings. The fraction of sp³-hybridized carbons (Fsp3) is 0.879. The Balaban J connectivity index is 3.45. The summed E-state index contributed by atoms with van der Waals surface area (Å²) in [7, 11) is 0. The second-order valence-corrected chi connectivity index (χ2v) is 12.5. The topological polar surface area (TPSA) is 145 Å². The molecule has 0 saturated carbocycles. The number of carbonyl (C=O) groups is 4. The maximum atomic E-state index is 12.1. The zero-order chi connectivity index (χ0) is 31.5. The third-order valence-electron chi connectivity index (χ3n) is 7.27. The number of ether oxygens (including phenoxy) is 2. The monoisotopic (exact) mass is 598 g/mol. The van der Waals surface area contributed by atoms with Gasteiger partial charge in [0, 0.05) is 25.8 Å². The third kappa shape index (κ3) is 26.9. The molecule has 0 aromatic heterocycles. The van der Waals surface area contributed by atoms with Gasteiger partial charge in [-0.2, -0.15) is 0 Å². The Morgan fingerprint density at radius 3 is 1.60 bits per heavy atom. The Morgan fingerprint density at radius 2 is 1.12 bits per heavy atom. The number of unbranched alkanes of at least 4 members (excludes halogenated alkanes) is 14. The van der Waals surface area contributed by atoms with E-state index in [2.05, 4.69) is 5.32 Å². The van der Waals surface area contributed by atoms with Crippen molar-refractivity contribution < 1.29 is 33.8 Å². The summed E-state index contributed by atoms with van der Waals surface area (Å²) in [5.41, 5.74) is 5.43. The molecule has 0 heterocycles. The average molecular weight is 599 g/mol. The maximum Gasteiger partial charge on any atom is 0.311 e. The Morgan fingerprint density at radius 1 is 0.667 bits per heavy atom. The van der Waals surface area contributed by atoms with Crippen molar-refractivity contribution in [3.63, 3.8) is 0 Å². The second kappa shape index (κ2) is 26.6. The van der Waals surface area contributed by atoms with Crippen LogP contribution in [0.3, 0.4) is 0 Å². The summed E-state index contributed by atoms with van der Waals surface area (Å²) in [4.78, 5) is 46.4. The highest BCUT2D eigenvalue weighted by Gasteiger charge is 2.22. The lowest BCUT2D eigenvalue weighted by atomic mass is 9.97. The van der Waals surface area contributed by atoms with E-state index in [9.17, 15) is 19.2 Å². The predicted molar refractivity (Wildman–Crippen MR) is 167 cm³/mol. The molecule has 9 nitrogen and oxygen atoms in total. The lowest BCUT2D eigenvalue weighted by Gasteiger charge is -2.16. The molecule has 0 spiro atoms. The van der Waals surface area contributed by atoms with E-state index in [-0.39, 0.29) is 25.1 Å². The van der Waals surface area contributed by atoms with E-state index in [1.807, 2.05) is 0 Å². The first kappa shape index (κ1) is 40.0. The Kier molecular flexibility index (Phi) is 25.3. The van der Waals surface area contributed by atoms with Crippen LogP contribution in [0.5, 0.6) is 0 Å². The van der Waals surface area contributed by atoms with Gasteiger partial charge in [-0.3, -0.25) is 19.2 Å². The zero-order valence-corrected chi connectivity index (χ0v) is 27.0. The van der Waals surface area contributed by atoms with Crippen molar-refractivity contribution in [1.29, 1.82) is 0 Å². The van der Waals surface area contributed by atoms with Crippen molar-refractivity contribution in [2.45, 2.75) is 155 Å². The highest BCUT2D eigenvalue weighted by atomic mass is 16.6. The highest BCUT2D eigenvalue weighted by molar-refractivity contribution is 5.81. The van der Waals surface area contributed by atoms with E-state index < -0.39 is 17.4 Å². The van der Waals surface area contributed by atoms with Crippen LogP contribution in [0.1, 0.15) is 149 Å². The van der Waals surface area contributed by atoms with Crippen molar-refractivity contribution >= 4 is 23.6 Å². The SMILES string of the molecule is CC(C)(C)C(=O)OCCOCCNC(=O)C(N)CCCCC(=O)CCCCCCCCCCCCCCCCC(=O)O. The molecule has 42 heavy (non-hydrogen) atoms. The van der Waals surface area contributed by atoms with Gasteiger partial charge in [-0.25, -0.2) is 0 Å². The first-order valence-corrected chi connectivity index (χ1v) is 16.6. The number of carbonyl (C=O) groups excluding carboxylic acids is 3. The number of nitrogens with two attached hydrogens (primary N) is 1. The Hall–Kier alpha value is -2.00. The zero-order valence-electron chi connectivity index (χ0n) is 27.0. The molecule has 1 unspecified atom stereocenters. The molecule has 9 heteroatoms. The van der Waals surface area contributed by atoms with Crippen molar-refractivity contribution in [1.82, 2.24) is 5.32 Å². The molecule has 0 aliphatic carbocycles. The van der Waals surface area contributed by atoms with Crippen LogP contribution in [0.2, 0.25) is 0 Å². The normalized spacial score (nSPS) is 12.2. The summed E-state index contributed by atoms with van der Waals surface area (Å²) in [5.74, 6) is -0.869. The smallest absolute Gasteiger partial charge is 0.311 e. The standard InChI is InChI=1S/C33H62N2O7/c1-33(2,3)32(40)42-27-26-41-25-24-35-31(39)29(34)22-19-18-21-28(36)20-16-14-12-10-8-6-4-5-7-9-11-13-15-17-23-30(37)38/h29H,4-27,34H2,1-3H3,(H,35,39)(H,37,38). The third-order valence-corrected chi connectivity index (χ3v) is 7.27. The van der Waals surface area contributed by atoms with Crippen LogP contribution < -0.4 is 11.1 Å². The molecular formula is C33H62N2O7. The van der Waals surface area contributed by atoms with Crippen molar-refractivity contribution in [2.24, 2.45) is 11.1 Å². The largest absolute Gasteiger partial charge is 0.481 e. The summed E-state index contributed by atoms with van der Waals surface area (Å²) in [5, 5.41) is 11.4. The van der Waals surface area contributed by atoms with Gasteiger partial charge in [0.05, 0.1) is 24.7 Å². The molecule has 4 N–H and O–H groups in total. The number of carboxylic acids is 1. The van der Waals surface area contributed by atoms with Crippen LogP contribution >= 0.6 is 0 Å². The summed E-state index contributed by atoms with van der Waals surface area (Å²) in [6.45, 7) is 6.51. The molecule has 0 radical (unpaired) electrons. The highest BCUT2D eigenvalue weighted by Crippen LogP contribution is 2.15. The fourth-order valence-corrected chi connectivity index (χ4v) is 4.55. The number of nitrogens with one attached hydrogen (secondary N) is 1. The van der Waals surface area contributed by atoms with Gasteiger partial charge in [-0.1, -0.05) is 83.5 Å². The van der Waals surface area contributed by atoms with Crippen molar-refractivity contribution in [3.05, 3.63) is 0 Å². The molecule has 0 bridgehead atoms. The van der Waals surface area contributed by atoms with Gasteiger partial charge in [-0.15, -0.1) is 0 Å². The minimum atomic E-state index is -0.687. The van der Waals surface area contributed by atoms with E-state index in [1.165, 1.54) is 57.8 Å². The van der Waals surface area contributed by atoms with E-state index in [0.29, 0.717) is 44.6 Å². The van der Waals surface area contributed by atoms with E-state index in [0.717, 1.165) is 44.9 Å². The summed E-state index contributed by atoms with van der Waals surface area (Å²) < 4.78 is 10.5. The van der Waals surface area contributed by atoms with Crippen LogP contribution in [-0.4, -0.2) is 61.1 Å². The number of rotatable bonds is 29. The summed E-state index contributed by atoms with van der Waals surface area (Å²) in [6.07, 6.45) is 20.1. The summed E-state index contributed by atoms with van der Waals surface area (Å²) >= 11 is 0. The quantitative estimate of drug-likeness (QED) is 0.0654. The lowest BCUT2D eigenvalue weighted by molar-refractivity contribution is -0.154. The van der Waals surface area contributed by atoms with Gasteiger partial charge in [0.2, 0.25) is 5.91 Å². The van der Waals surface area contributed by atoms with Crippen molar-refractivity contribution in [2.75, 3.05) is 26.4 Å². The predicted octanol–water partition coefficient (Wildman–Crippen LogP) is 6.49. The molecule has 1 atom stereocenters. The lowest BCUT2D eigenvalue weighted by Crippen LogP contribution is -2.41. The minimum Gasteiger partial charge on any atom is -0.481 e. The van der Waals surface area contributed by atoms with E-state index >= 15 is 0 Å². The number of esters is 1. The molecule has 246 valence electrons. The Bertz CT molecular complexity index is 722. The summed E-state index contributed by atoms with van der Waals surface area (Å²) in [6, 6.07) is -0.588. The van der Waals surface area contributed by atoms with Gasteiger partial charge in [0.25, 0.3) is 0 Å². The number of ketones is 1. The van der Waals surface area contributed by atoms with Crippen LogP contribution in [0, 0.1) is 5.41 Å². The molecule has 0 aliphatic heterocycles. The maximum absolute atomic E-state index is 12.1. The number of hydrogen-bond donors (Lipinski definition) is 3. The van der Waals surface area contributed by atoms with Crippen molar-refractivity contribution in [3.8, 4) is 0 Å². The Labute approximate surface area is 255 Å². The number of amides is 1. The second-order valence-electron chi connectivity index (χ2n) is 12.5. The van der Waals surface area contributed by atoms with Gasteiger partial charge < -0.3 is 25.6 Å². The number of carboxylic acid groups (broad SMARTS) is 1. The molecular weight excluding hydrogens is 536 g/mol. The van der Waals surface area contributed by atoms with Crippen LogP contribution in [0.25, 0.3) is 0 Å². The first-order chi connectivity index (χ1) is 20.0. The number of Topliss-reactive ketones (excluding diaryl/α,β-unsaturated/α-hetero) is 1. The first-order valence-electron chi connectivity index (χ1n) is 16.6. The van der Waals surface area contributed by atoms with Gasteiger partial charge in [0.15, 0.2) is 0 Å². The molecule has 0 rings (SSSR count). The molecule has 0 aromatic carbocycles. The van der Waals surface area contributed by atoms with Gasteiger partial charge in [0.1, 0.15) is 12.4 Å². The fourth-order valence-electron chi connectivity index (χ4n) is 4.55. The minimum absolute atomic E-state index is 0.186. The van der Waals surface area contributed by atoms with Crippen LogP contribution in [0.15, 0.2) is 0 Å². The molecule has 0 saturated heterocycles. The van der Waals surface area contributed by atoms with Gasteiger partial charge >= 0.3 is 11.9 Å². The average Bonchev–Trinajstić information content (AvgIpc) is 2.93. The van der Waals surface area contributed by atoms with Crippen LogP contribution in [-0.2, 0) is 28.7 Å². The number of hydrogen-bond acceptors (Lipinski definition) is 7.